The lowest BCUT2D eigenvalue weighted by Gasteiger charge is -2.27. The Hall–Kier alpha value is -10.1. The summed E-state index contributed by atoms with van der Waals surface area (Å²) in [6.45, 7) is 0. The Labute approximate surface area is 447 Å². The van der Waals surface area contributed by atoms with Crippen LogP contribution in [0.5, 0.6) is 0 Å². The maximum atomic E-state index is 2.51. The molecule has 16 rings (SSSR count). The fourth-order valence-electron chi connectivity index (χ4n) is 13.4. The molecule has 0 unspecified atom stereocenters. The zero-order valence-corrected chi connectivity index (χ0v) is 42.1. The average molecular weight is 974 g/mol. The third-order valence-electron chi connectivity index (χ3n) is 16.5. The smallest absolute Gasteiger partial charge is 0.0468 e. The molecule has 0 saturated heterocycles. The molecule has 1 heteroatoms. The van der Waals surface area contributed by atoms with Crippen molar-refractivity contribution in [3.8, 4) is 100 Å². The fraction of sp³-hybridized carbons (Fsp3) is 0. The molecule has 0 heterocycles. The topological polar surface area (TPSA) is 3.24 Å². The van der Waals surface area contributed by atoms with E-state index in [1.807, 2.05) is 0 Å². The molecule has 1 nitrogen and oxygen atoms in total. The second kappa shape index (κ2) is 17.2. The molecule has 0 radical (unpaired) electrons. The van der Waals surface area contributed by atoms with Gasteiger partial charge in [0.1, 0.15) is 0 Å². The van der Waals surface area contributed by atoms with E-state index < -0.39 is 0 Å². The van der Waals surface area contributed by atoms with Crippen LogP contribution in [0.1, 0.15) is 0 Å². The predicted molar refractivity (Wildman–Crippen MR) is 327 cm³/mol. The molecule has 2 aliphatic carbocycles. The van der Waals surface area contributed by atoms with Gasteiger partial charge in [0, 0.05) is 17.1 Å². The van der Waals surface area contributed by atoms with E-state index in [9.17, 15) is 0 Å². The predicted octanol–water partition coefficient (Wildman–Crippen LogP) is 21.4. The Bertz CT molecular complexity index is 4640. The van der Waals surface area contributed by atoms with Gasteiger partial charge >= 0.3 is 0 Å². The summed E-state index contributed by atoms with van der Waals surface area (Å²) in [5.41, 5.74) is 26.0. The lowest BCUT2D eigenvalue weighted by Crippen LogP contribution is -2.09. The van der Waals surface area contributed by atoms with Gasteiger partial charge in [0.15, 0.2) is 0 Å². The van der Waals surface area contributed by atoms with Gasteiger partial charge in [0.2, 0.25) is 0 Å². The van der Waals surface area contributed by atoms with Gasteiger partial charge in [-0.1, -0.05) is 243 Å². The SMILES string of the molecule is c1ccc(-c2c3c(c(-c4ccccc4)c4cc(-c5ccc6c7c(cccc57)-c5c-6c(-c6ccccc6)c6ccc(N(c7ccccc7)c7ccccc7)cc6c5-c5ccccc5)ccc24)-c2cccc4cccc-3c24)cc1. The highest BCUT2D eigenvalue weighted by molar-refractivity contribution is 6.31. The van der Waals surface area contributed by atoms with Crippen LogP contribution < -0.4 is 4.90 Å². The highest BCUT2D eigenvalue weighted by Gasteiger charge is 2.34. The molecule has 0 bridgehead atoms. The molecular weight excluding hydrogens is 927 g/mol. The first kappa shape index (κ1) is 43.3. The number of hydrogen-bond donors (Lipinski definition) is 0. The van der Waals surface area contributed by atoms with Gasteiger partial charge in [-0.3, -0.25) is 0 Å². The van der Waals surface area contributed by atoms with Gasteiger partial charge in [-0.15, -0.1) is 0 Å². The summed E-state index contributed by atoms with van der Waals surface area (Å²) >= 11 is 0. The van der Waals surface area contributed by atoms with Crippen LogP contribution in [0.15, 0.2) is 285 Å². The molecule has 0 N–H and O–H groups in total. The van der Waals surface area contributed by atoms with Crippen molar-refractivity contribution < 1.29 is 0 Å². The number of para-hydroxylation sites is 2. The highest BCUT2D eigenvalue weighted by atomic mass is 15.1. The zero-order valence-electron chi connectivity index (χ0n) is 42.1. The molecule has 0 spiro atoms. The number of rotatable bonds is 8. The summed E-state index contributed by atoms with van der Waals surface area (Å²) in [6, 6.07) is 106. The molecule has 0 aliphatic heterocycles. The van der Waals surface area contributed by atoms with E-state index in [1.54, 1.807) is 0 Å². The second-order valence-corrected chi connectivity index (χ2v) is 20.6. The van der Waals surface area contributed by atoms with Crippen molar-refractivity contribution in [3.63, 3.8) is 0 Å². The number of fused-ring (bicyclic) bond motifs is 8. The number of anilines is 3. The summed E-state index contributed by atoms with van der Waals surface area (Å²) in [5.74, 6) is 0. The van der Waals surface area contributed by atoms with Crippen LogP contribution in [0, 0.1) is 0 Å². The average Bonchev–Trinajstić information content (AvgIpc) is 4.03. The molecule has 0 saturated carbocycles. The summed E-state index contributed by atoms with van der Waals surface area (Å²) in [5, 5.41) is 10.1. The largest absolute Gasteiger partial charge is 0.310 e. The molecule has 0 amide bonds. The zero-order chi connectivity index (χ0) is 50.6. The summed E-state index contributed by atoms with van der Waals surface area (Å²) in [7, 11) is 0. The van der Waals surface area contributed by atoms with Gasteiger partial charge < -0.3 is 4.90 Å². The Morgan fingerprint density at radius 1 is 0.182 bits per heavy atom. The number of nitrogens with zero attached hydrogens (tertiary/aromatic N) is 1. The normalized spacial score (nSPS) is 11.9. The Balaban J connectivity index is 0.981. The Morgan fingerprint density at radius 2 is 0.558 bits per heavy atom. The number of hydrogen-bond acceptors (Lipinski definition) is 1. The van der Waals surface area contributed by atoms with Gasteiger partial charge in [-0.25, -0.2) is 0 Å². The van der Waals surface area contributed by atoms with E-state index in [4.69, 9.17) is 0 Å². The van der Waals surface area contributed by atoms with Gasteiger partial charge in [-0.2, -0.15) is 0 Å². The molecule has 0 fully saturated rings. The van der Waals surface area contributed by atoms with E-state index in [-0.39, 0.29) is 0 Å². The third-order valence-corrected chi connectivity index (χ3v) is 16.5. The minimum atomic E-state index is 1.11. The molecule has 356 valence electrons. The molecular formula is C76H47N. The van der Waals surface area contributed by atoms with Crippen LogP contribution in [-0.2, 0) is 0 Å². The molecule has 14 aromatic rings. The molecule has 0 aromatic heterocycles. The quantitative estimate of drug-likeness (QED) is 0.147. The van der Waals surface area contributed by atoms with Crippen molar-refractivity contribution >= 4 is 60.2 Å². The minimum Gasteiger partial charge on any atom is -0.310 e. The second-order valence-electron chi connectivity index (χ2n) is 20.6. The fourth-order valence-corrected chi connectivity index (χ4v) is 13.4. The van der Waals surface area contributed by atoms with Crippen LogP contribution in [0.3, 0.4) is 0 Å². The van der Waals surface area contributed by atoms with E-state index in [0.29, 0.717) is 0 Å². The van der Waals surface area contributed by atoms with Gasteiger partial charge in [-0.05, 0) is 186 Å². The van der Waals surface area contributed by atoms with Crippen molar-refractivity contribution in [1.82, 2.24) is 0 Å². The lowest BCUT2D eigenvalue weighted by atomic mass is 9.81. The Kier molecular flexibility index (Phi) is 9.71. The van der Waals surface area contributed by atoms with Gasteiger partial charge in [0.25, 0.3) is 0 Å². The van der Waals surface area contributed by atoms with Crippen molar-refractivity contribution in [3.05, 3.63) is 285 Å². The van der Waals surface area contributed by atoms with Crippen LogP contribution in [-0.4, -0.2) is 0 Å². The Morgan fingerprint density at radius 3 is 1.04 bits per heavy atom. The molecule has 0 atom stereocenters. The highest BCUT2D eigenvalue weighted by Crippen LogP contribution is 2.61. The van der Waals surface area contributed by atoms with Gasteiger partial charge in [0.05, 0.1) is 0 Å². The maximum absolute atomic E-state index is 2.51. The first-order valence-electron chi connectivity index (χ1n) is 26.8. The van der Waals surface area contributed by atoms with Crippen molar-refractivity contribution in [2.75, 3.05) is 4.90 Å². The standard InChI is InChI=1S/C76H47N/c1-7-22-49(23-8-1)68-59-42-40-53(46-65(59)70(51-26-11-3-12-27-51)74-62-38-20-31-48-30-19-37-61(67(48)62)73(68)74)57-44-45-64-72-58(57)36-21-39-63(72)75-71(52-28-13-4-14-29-52)66-47-56(41-43-60(66)69(76(64)75)50-24-9-2-10-25-50)77(54-32-15-5-16-33-54)55-34-17-6-18-35-55/h1-47H. The van der Waals surface area contributed by atoms with Crippen molar-refractivity contribution in [2.45, 2.75) is 0 Å². The van der Waals surface area contributed by atoms with Crippen LogP contribution in [0.4, 0.5) is 17.1 Å². The minimum absolute atomic E-state index is 1.11. The van der Waals surface area contributed by atoms with Crippen LogP contribution in [0.25, 0.3) is 143 Å². The molecule has 14 aromatic carbocycles. The first-order chi connectivity index (χ1) is 38.3. The van der Waals surface area contributed by atoms with Crippen molar-refractivity contribution in [2.24, 2.45) is 0 Å². The van der Waals surface area contributed by atoms with E-state index in [2.05, 4.69) is 290 Å². The number of benzene rings is 14. The summed E-state index contributed by atoms with van der Waals surface area (Å²) in [6.07, 6.45) is 0. The maximum Gasteiger partial charge on any atom is 0.0468 e. The monoisotopic (exact) mass is 973 g/mol. The lowest BCUT2D eigenvalue weighted by molar-refractivity contribution is 1.29. The van der Waals surface area contributed by atoms with E-state index in [1.165, 1.54) is 143 Å². The first-order valence-corrected chi connectivity index (χ1v) is 26.8. The van der Waals surface area contributed by atoms with E-state index >= 15 is 0 Å². The van der Waals surface area contributed by atoms with Crippen LogP contribution >= 0.6 is 0 Å². The van der Waals surface area contributed by atoms with E-state index in [0.717, 1.165) is 17.1 Å². The molecule has 77 heavy (non-hydrogen) atoms. The molecule has 2 aliphatic rings. The van der Waals surface area contributed by atoms with Crippen molar-refractivity contribution in [1.29, 1.82) is 0 Å². The van der Waals surface area contributed by atoms with Crippen LogP contribution in [0.2, 0.25) is 0 Å². The summed E-state index contributed by atoms with van der Waals surface area (Å²) in [4.78, 5) is 2.38. The summed E-state index contributed by atoms with van der Waals surface area (Å²) < 4.78 is 0. The third kappa shape index (κ3) is 6.54.